The van der Waals surface area contributed by atoms with Crippen LogP contribution in [-0.4, -0.2) is 61.7 Å². The fourth-order valence-electron chi connectivity index (χ4n) is 1.10. The second kappa shape index (κ2) is 3.70. The summed E-state index contributed by atoms with van der Waals surface area (Å²) in [5.41, 5.74) is -1.16. The van der Waals surface area contributed by atoms with Crippen LogP contribution >= 0.6 is 12.6 Å². The molecule has 1 aliphatic rings. The number of thiol groups is 1. The van der Waals surface area contributed by atoms with E-state index in [1.54, 1.807) is 0 Å². The molecule has 1 saturated heterocycles. The van der Waals surface area contributed by atoms with Crippen molar-refractivity contribution in [2.24, 2.45) is 0 Å². The molecule has 7 heteroatoms. The molecule has 0 radical (unpaired) electrons. The van der Waals surface area contributed by atoms with Gasteiger partial charge in [-0.15, -0.1) is 12.6 Å². The van der Waals surface area contributed by atoms with Crippen molar-refractivity contribution in [1.82, 2.24) is 0 Å². The molecule has 0 aromatic rings. The highest BCUT2D eigenvalue weighted by molar-refractivity contribution is 7.80. The zero-order chi connectivity index (χ0) is 10.2. The van der Waals surface area contributed by atoms with E-state index in [9.17, 15) is 15.3 Å². The highest BCUT2D eigenvalue weighted by Crippen LogP contribution is 2.29. The van der Waals surface area contributed by atoms with Crippen LogP contribution in [0.25, 0.3) is 0 Å². The van der Waals surface area contributed by atoms with E-state index in [-0.39, 0.29) is 0 Å². The zero-order valence-electron chi connectivity index (χ0n) is 6.61. The van der Waals surface area contributed by atoms with E-state index >= 15 is 0 Å². The van der Waals surface area contributed by atoms with Gasteiger partial charge in [0, 0.05) is 0 Å². The highest BCUT2D eigenvalue weighted by Gasteiger charge is 2.51. The summed E-state index contributed by atoms with van der Waals surface area (Å²) in [6.45, 7) is -0.894. The number of aliphatic hydroxyl groups excluding tert-OH is 4. The molecule has 0 spiro atoms. The van der Waals surface area contributed by atoms with Crippen molar-refractivity contribution in [1.29, 1.82) is 0 Å². The molecule has 78 valence electrons. The smallest absolute Gasteiger partial charge is 0.219 e. The minimum atomic E-state index is -2.27. The normalized spacial score (nSPS) is 52.2. The summed E-state index contributed by atoms with van der Waals surface area (Å²) in [6, 6.07) is 0. The van der Waals surface area contributed by atoms with Gasteiger partial charge in [-0.05, 0) is 0 Å². The first-order valence-electron chi connectivity index (χ1n) is 3.65. The van der Waals surface area contributed by atoms with Gasteiger partial charge >= 0.3 is 0 Å². The molecule has 0 aromatic carbocycles. The molecule has 0 amide bonds. The van der Waals surface area contributed by atoms with Crippen LogP contribution in [0.5, 0.6) is 0 Å². The van der Waals surface area contributed by atoms with Crippen molar-refractivity contribution in [2.75, 3.05) is 6.61 Å². The number of aliphatic hydroxyl groups is 5. The van der Waals surface area contributed by atoms with Gasteiger partial charge in [0.2, 0.25) is 5.79 Å². The van der Waals surface area contributed by atoms with Crippen molar-refractivity contribution in [3.05, 3.63) is 0 Å². The van der Waals surface area contributed by atoms with Crippen LogP contribution in [-0.2, 0) is 4.74 Å². The second-order valence-electron chi connectivity index (χ2n) is 2.94. The third-order valence-electron chi connectivity index (χ3n) is 1.98. The number of ether oxygens (including phenoxy) is 1. The molecule has 1 fully saturated rings. The Morgan fingerprint density at radius 2 is 1.77 bits per heavy atom. The monoisotopic (exact) mass is 212 g/mol. The maximum absolute atomic E-state index is 9.36. The van der Waals surface area contributed by atoms with Crippen molar-refractivity contribution in [3.63, 3.8) is 0 Å². The Bertz CT molecular complexity index is 190. The van der Waals surface area contributed by atoms with Gasteiger partial charge in [0.05, 0.1) is 6.61 Å². The molecule has 1 heterocycles. The van der Waals surface area contributed by atoms with Crippen LogP contribution < -0.4 is 0 Å². The lowest BCUT2D eigenvalue weighted by atomic mass is 9.97. The average molecular weight is 212 g/mol. The van der Waals surface area contributed by atoms with E-state index in [1.165, 1.54) is 0 Å². The summed E-state index contributed by atoms with van der Waals surface area (Å²) in [6.07, 6.45) is -4.78. The van der Waals surface area contributed by atoms with Crippen LogP contribution in [0.1, 0.15) is 0 Å². The minimum Gasteiger partial charge on any atom is -0.391 e. The number of hydrogen-bond acceptors (Lipinski definition) is 7. The van der Waals surface area contributed by atoms with Gasteiger partial charge in [-0.25, -0.2) is 0 Å². The molecule has 5 N–H and O–H groups in total. The van der Waals surface area contributed by atoms with Gasteiger partial charge in [-0.3, -0.25) is 0 Å². The standard InChI is InChI=1S/C6H12O6S/c7-1-6(11)4(10)2(8)3(9)5(13)12-6/h2-5,7-11,13H,1H2/t2-,3+,4+,5?,6+/m1/s1. The van der Waals surface area contributed by atoms with Gasteiger partial charge in [0.1, 0.15) is 23.7 Å². The molecule has 5 atom stereocenters. The minimum absolute atomic E-state index is 0.894. The second-order valence-corrected chi connectivity index (χ2v) is 3.45. The molecule has 0 saturated carbocycles. The van der Waals surface area contributed by atoms with E-state index in [2.05, 4.69) is 17.4 Å². The van der Waals surface area contributed by atoms with Gasteiger partial charge in [0.25, 0.3) is 0 Å². The van der Waals surface area contributed by atoms with Gasteiger partial charge in [0.15, 0.2) is 0 Å². The van der Waals surface area contributed by atoms with E-state index in [4.69, 9.17) is 10.2 Å². The summed E-state index contributed by atoms with van der Waals surface area (Å²) in [4.78, 5) is 0. The lowest BCUT2D eigenvalue weighted by molar-refractivity contribution is -0.338. The Labute approximate surface area is 79.8 Å². The maximum Gasteiger partial charge on any atom is 0.219 e. The maximum atomic E-state index is 9.36. The first-order chi connectivity index (χ1) is 5.92. The predicted molar refractivity (Wildman–Crippen MR) is 43.9 cm³/mol. The molecule has 1 unspecified atom stereocenters. The van der Waals surface area contributed by atoms with Crippen molar-refractivity contribution >= 4 is 12.6 Å². The van der Waals surface area contributed by atoms with Crippen LogP contribution in [0.3, 0.4) is 0 Å². The van der Waals surface area contributed by atoms with Crippen LogP contribution in [0, 0.1) is 0 Å². The SMILES string of the molecule is OC[C@]1(O)OC(S)[C@@H](O)[C@@H](O)[C@@H]1O. The number of rotatable bonds is 1. The highest BCUT2D eigenvalue weighted by atomic mass is 32.1. The average Bonchev–Trinajstić information content (AvgIpc) is 2.12. The molecule has 1 rings (SSSR count). The third kappa shape index (κ3) is 1.82. The zero-order valence-corrected chi connectivity index (χ0v) is 7.50. The lowest BCUT2D eigenvalue weighted by Crippen LogP contribution is -2.64. The first kappa shape index (κ1) is 11.2. The fraction of sp³-hybridized carbons (Fsp3) is 1.00. The molecule has 0 bridgehead atoms. The van der Waals surface area contributed by atoms with Crippen LogP contribution in [0.15, 0.2) is 0 Å². The van der Waals surface area contributed by atoms with Crippen molar-refractivity contribution in [3.8, 4) is 0 Å². The molecule has 0 aliphatic carbocycles. The summed E-state index contributed by atoms with van der Waals surface area (Å²) >= 11 is 3.71. The van der Waals surface area contributed by atoms with Crippen molar-refractivity contribution < 1.29 is 30.3 Å². The Morgan fingerprint density at radius 1 is 1.23 bits per heavy atom. The molecule has 6 nitrogen and oxygen atoms in total. The topological polar surface area (TPSA) is 110 Å². The summed E-state index contributed by atoms with van der Waals surface area (Å²) in [5, 5.41) is 45.6. The number of hydrogen-bond donors (Lipinski definition) is 6. The Balaban J connectivity index is 2.82. The predicted octanol–water partition coefficient (Wildman–Crippen LogP) is -2.96. The quantitative estimate of drug-likeness (QED) is 0.259. The molecule has 1 aliphatic heterocycles. The Hall–Kier alpha value is 0.110. The Kier molecular flexibility index (Phi) is 3.18. The van der Waals surface area contributed by atoms with E-state index in [0.717, 1.165) is 0 Å². The fourth-order valence-corrected chi connectivity index (χ4v) is 1.46. The summed E-state index contributed by atoms with van der Waals surface area (Å²) in [5.74, 6) is -2.27. The van der Waals surface area contributed by atoms with E-state index in [0.29, 0.717) is 0 Å². The van der Waals surface area contributed by atoms with E-state index < -0.39 is 36.1 Å². The largest absolute Gasteiger partial charge is 0.391 e. The van der Waals surface area contributed by atoms with Gasteiger partial charge in [-0.1, -0.05) is 0 Å². The van der Waals surface area contributed by atoms with Gasteiger partial charge < -0.3 is 30.3 Å². The molecule has 0 aromatic heterocycles. The summed E-state index contributed by atoms with van der Waals surface area (Å²) < 4.78 is 4.63. The van der Waals surface area contributed by atoms with Crippen LogP contribution in [0.2, 0.25) is 0 Å². The summed E-state index contributed by atoms with van der Waals surface area (Å²) in [7, 11) is 0. The molecule has 13 heavy (non-hydrogen) atoms. The third-order valence-corrected chi connectivity index (χ3v) is 2.39. The van der Waals surface area contributed by atoms with Gasteiger partial charge in [-0.2, -0.15) is 0 Å². The van der Waals surface area contributed by atoms with E-state index in [1.807, 2.05) is 0 Å². The molecular formula is C6H12O6S. The Morgan fingerprint density at radius 3 is 2.23 bits per heavy atom. The van der Waals surface area contributed by atoms with Crippen molar-refractivity contribution in [2.45, 2.75) is 29.5 Å². The molecular weight excluding hydrogens is 200 g/mol. The lowest BCUT2D eigenvalue weighted by Gasteiger charge is -2.43. The first-order valence-corrected chi connectivity index (χ1v) is 4.17. The van der Waals surface area contributed by atoms with Crippen LogP contribution in [0.4, 0.5) is 0 Å².